The van der Waals surface area contributed by atoms with E-state index in [1.54, 1.807) is 0 Å². The van der Waals surface area contributed by atoms with Crippen molar-refractivity contribution in [2.45, 2.75) is 103 Å². The first-order chi connectivity index (χ1) is 11.6. The predicted octanol–water partition coefficient (Wildman–Crippen LogP) is 4.71. The summed E-state index contributed by atoms with van der Waals surface area (Å²) in [5.41, 5.74) is 3.27. The zero-order chi connectivity index (χ0) is 18.3. The molecule has 4 heteroatoms. The second-order valence-corrected chi connectivity index (χ2v) is 14.4. The number of hydrogen-bond acceptors (Lipinski definition) is 3. The van der Waals surface area contributed by atoms with E-state index in [1.807, 2.05) is 13.8 Å². The Balaban J connectivity index is 1.82. The van der Waals surface area contributed by atoms with Crippen LogP contribution < -0.4 is 0 Å². The van der Waals surface area contributed by atoms with Crippen molar-refractivity contribution in [2.75, 3.05) is 0 Å². The van der Waals surface area contributed by atoms with Crippen molar-refractivity contribution in [1.29, 1.82) is 0 Å². The van der Waals surface area contributed by atoms with Crippen LogP contribution in [0.2, 0.25) is 19.6 Å². The van der Waals surface area contributed by atoms with Gasteiger partial charge in [0.25, 0.3) is 0 Å². The molecule has 140 valence electrons. The minimum atomic E-state index is -1.33. The maximum atomic E-state index is 12.8. The highest BCUT2D eigenvalue weighted by Crippen LogP contribution is 2.56. The van der Waals surface area contributed by atoms with Crippen molar-refractivity contribution < 1.29 is 14.3 Å². The van der Waals surface area contributed by atoms with Crippen LogP contribution in [0.25, 0.3) is 0 Å². The summed E-state index contributed by atoms with van der Waals surface area (Å²) >= 11 is 0. The number of ketones is 1. The summed E-state index contributed by atoms with van der Waals surface area (Å²) in [4.78, 5) is 12.8. The van der Waals surface area contributed by atoms with Gasteiger partial charge in [0.05, 0.1) is 12.2 Å². The van der Waals surface area contributed by atoms with E-state index in [1.165, 1.54) is 0 Å². The van der Waals surface area contributed by atoms with Gasteiger partial charge in [0.15, 0.2) is 5.79 Å². The Hall–Kier alpha value is -0.633. The van der Waals surface area contributed by atoms with Crippen LogP contribution in [0.15, 0.2) is 0 Å². The molecule has 1 heterocycles. The molecule has 1 aliphatic heterocycles. The number of ether oxygens (including phenoxy) is 2. The Bertz CT molecular complexity index is 580. The zero-order valence-corrected chi connectivity index (χ0v) is 17.6. The summed E-state index contributed by atoms with van der Waals surface area (Å²) in [6.45, 7) is 10.9. The van der Waals surface area contributed by atoms with Gasteiger partial charge in [-0.3, -0.25) is 4.79 Å². The summed E-state index contributed by atoms with van der Waals surface area (Å²) in [6.07, 6.45) is 8.02. The molecule has 3 rings (SSSR count). The first-order valence-corrected chi connectivity index (χ1v) is 13.5. The molecule has 0 aromatic carbocycles. The fraction of sp³-hybridized carbons (Fsp3) is 0.857. The Morgan fingerprint density at radius 3 is 2.52 bits per heavy atom. The highest BCUT2D eigenvalue weighted by molar-refractivity contribution is 6.83. The third kappa shape index (κ3) is 4.04. The molecule has 2 saturated carbocycles. The van der Waals surface area contributed by atoms with Gasteiger partial charge in [-0.15, -0.1) is 11.5 Å². The van der Waals surface area contributed by atoms with E-state index in [-0.39, 0.29) is 23.5 Å². The molecule has 3 aliphatic rings. The summed E-state index contributed by atoms with van der Waals surface area (Å²) in [5, 5.41) is 0. The van der Waals surface area contributed by atoms with Crippen LogP contribution in [0, 0.1) is 22.8 Å². The second kappa shape index (κ2) is 6.83. The van der Waals surface area contributed by atoms with Crippen molar-refractivity contribution >= 4 is 13.9 Å². The van der Waals surface area contributed by atoms with Crippen LogP contribution >= 0.6 is 0 Å². The number of rotatable bonds is 2. The Kier molecular flexibility index (Phi) is 5.23. The number of carbonyl (C=O) groups is 1. The number of Topliss-reactive ketones (excluding diaryl/α,β-unsaturated/α-hetero) is 1. The second-order valence-electron chi connectivity index (χ2n) is 9.65. The summed E-state index contributed by atoms with van der Waals surface area (Å²) < 4.78 is 12.7. The molecule has 2 aliphatic carbocycles. The Labute approximate surface area is 154 Å². The van der Waals surface area contributed by atoms with E-state index in [2.05, 4.69) is 31.1 Å². The maximum Gasteiger partial charge on any atom is 0.163 e. The molecule has 0 aromatic heterocycles. The van der Waals surface area contributed by atoms with Gasteiger partial charge in [0.1, 0.15) is 13.9 Å². The van der Waals surface area contributed by atoms with Gasteiger partial charge in [0, 0.05) is 24.2 Å². The highest BCUT2D eigenvalue weighted by atomic mass is 28.3. The van der Waals surface area contributed by atoms with E-state index in [4.69, 9.17) is 9.47 Å². The first kappa shape index (κ1) is 19.1. The normalized spacial score (nSPS) is 37.5. The minimum Gasteiger partial charge on any atom is -0.347 e. The Morgan fingerprint density at radius 2 is 1.88 bits per heavy atom. The molecule has 0 amide bonds. The average Bonchev–Trinajstić information content (AvgIpc) is 2.82. The molecule has 25 heavy (non-hydrogen) atoms. The lowest BCUT2D eigenvalue weighted by molar-refractivity contribution is -0.340. The summed E-state index contributed by atoms with van der Waals surface area (Å²) in [5.74, 6) is 3.52. The average molecular weight is 363 g/mol. The molecule has 3 nitrogen and oxygen atoms in total. The van der Waals surface area contributed by atoms with E-state index in [0.717, 1.165) is 51.4 Å². The predicted molar refractivity (Wildman–Crippen MR) is 103 cm³/mol. The molecule has 0 N–H and O–H groups in total. The maximum absolute atomic E-state index is 12.8. The molecule has 3 fully saturated rings. The van der Waals surface area contributed by atoms with Crippen LogP contribution in [-0.2, 0) is 14.3 Å². The molecular formula is C21H34O3Si. The van der Waals surface area contributed by atoms with Crippen LogP contribution in [0.5, 0.6) is 0 Å². The molecule has 0 unspecified atom stereocenters. The highest BCUT2D eigenvalue weighted by Gasteiger charge is 2.58. The summed E-state index contributed by atoms with van der Waals surface area (Å²) in [6, 6.07) is 0. The SMILES string of the molecule is CC1(C)O[C@@H](CCC#C[Si](C)(C)C)[C@H]2[C@H](CCC[C@@]23CCCC3=O)O1. The number of hydrogen-bond donors (Lipinski definition) is 0. The third-order valence-corrected chi connectivity index (χ3v) is 6.95. The van der Waals surface area contributed by atoms with Crippen LogP contribution in [0.4, 0.5) is 0 Å². The largest absolute Gasteiger partial charge is 0.347 e. The molecule has 0 bridgehead atoms. The van der Waals surface area contributed by atoms with E-state index in [9.17, 15) is 4.79 Å². The third-order valence-electron chi connectivity index (χ3n) is 6.02. The van der Waals surface area contributed by atoms with Crippen LogP contribution in [-0.4, -0.2) is 31.9 Å². The number of carbonyl (C=O) groups excluding carboxylic acids is 1. The van der Waals surface area contributed by atoms with Crippen molar-refractivity contribution in [1.82, 2.24) is 0 Å². The zero-order valence-electron chi connectivity index (χ0n) is 16.6. The Morgan fingerprint density at radius 1 is 1.16 bits per heavy atom. The van der Waals surface area contributed by atoms with E-state index in [0.29, 0.717) is 5.78 Å². The molecule has 1 spiro atoms. The first-order valence-electron chi connectivity index (χ1n) is 10.0. The van der Waals surface area contributed by atoms with Gasteiger partial charge in [-0.05, 0) is 52.4 Å². The van der Waals surface area contributed by atoms with Gasteiger partial charge >= 0.3 is 0 Å². The molecule has 0 aromatic rings. The topological polar surface area (TPSA) is 35.5 Å². The minimum absolute atomic E-state index is 0.0898. The van der Waals surface area contributed by atoms with Gasteiger partial charge in [-0.2, -0.15) is 0 Å². The fourth-order valence-electron chi connectivity index (χ4n) is 5.23. The van der Waals surface area contributed by atoms with Gasteiger partial charge in [0.2, 0.25) is 0 Å². The summed E-state index contributed by atoms with van der Waals surface area (Å²) in [7, 11) is -1.33. The quantitative estimate of drug-likeness (QED) is 0.527. The molecule has 1 saturated heterocycles. The lowest BCUT2D eigenvalue weighted by atomic mass is 9.60. The monoisotopic (exact) mass is 362 g/mol. The van der Waals surface area contributed by atoms with E-state index < -0.39 is 13.9 Å². The molecule has 0 radical (unpaired) electrons. The fourth-order valence-corrected chi connectivity index (χ4v) is 5.88. The molecular weight excluding hydrogens is 328 g/mol. The van der Waals surface area contributed by atoms with Gasteiger partial charge in [-0.1, -0.05) is 19.6 Å². The smallest absolute Gasteiger partial charge is 0.163 e. The van der Waals surface area contributed by atoms with Crippen molar-refractivity contribution in [3.63, 3.8) is 0 Å². The lowest BCUT2D eigenvalue weighted by Crippen LogP contribution is -2.59. The van der Waals surface area contributed by atoms with Crippen molar-refractivity contribution in [2.24, 2.45) is 11.3 Å². The van der Waals surface area contributed by atoms with Crippen LogP contribution in [0.1, 0.15) is 65.2 Å². The van der Waals surface area contributed by atoms with Crippen molar-refractivity contribution in [3.8, 4) is 11.5 Å². The lowest BCUT2D eigenvalue weighted by Gasteiger charge is -2.54. The van der Waals surface area contributed by atoms with E-state index >= 15 is 0 Å². The van der Waals surface area contributed by atoms with Gasteiger partial charge < -0.3 is 9.47 Å². The van der Waals surface area contributed by atoms with Gasteiger partial charge in [-0.25, -0.2) is 0 Å². The van der Waals surface area contributed by atoms with Crippen molar-refractivity contribution in [3.05, 3.63) is 0 Å². The van der Waals surface area contributed by atoms with Crippen LogP contribution in [0.3, 0.4) is 0 Å². The standard InChI is InChI=1S/C21H34O3Si/c1-20(2)23-16(10-6-7-15-25(3,4)5)19-17(24-20)11-8-13-21(19)14-9-12-18(21)22/h16-17,19H,6,8-14H2,1-5H3/t16-,17-,19-,21-/m0/s1. The molecule has 4 atom stereocenters. The number of fused-ring (bicyclic) bond motifs is 2.